The second kappa shape index (κ2) is 4.20. The van der Waals surface area contributed by atoms with E-state index in [0.29, 0.717) is 0 Å². The van der Waals surface area contributed by atoms with E-state index in [1.165, 1.54) is 40.6 Å². The second-order valence-corrected chi connectivity index (χ2v) is 5.43. The number of benzene rings is 1. The fraction of sp³-hybridized carbons (Fsp3) is 0.308. The first-order valence-corrected chi connectivity index (χ1v) is 6.72. The van der Waals surface area contributed by atoms with Crippen molar-refractivity contribution in [3.63, 3.8) is 0 Å². The van der Waals surface area contributed by atoms with E-state index in [9.17, 15) is 0 Å². The number of fused-ring (bicyclic) bond motifs is 1. The lowest BCUT2D eigenvalue weighted by molar-refractivity contribution is 0.949. The van der Waals surface area contributed by atoms with Crippen LogP contribution in [0.25, 0.3) is 10.9 Å². The largest absolute Gasteiger partial charge is 0.371 e. The van der Waals surface area contributed by atoms with E-state index in [0.717, 1.165) is 5.52 Å². The molecule has 2 heterocycles. The van der Waals surface area contributed by atoms with Crippen molar-refractivity contribution in [1.29, 1.82) is 0 Å². The third-order valence-electron chi connectivity index (χ3n) is 3.13. The zero-order valence-electron chi connectivity index (χ0n) is 8.99. The van der Waals surface area contributed by atoms with Crippen molar-refractivity contribution in [2.75, 3.05) is 18.0 Å². The monoisotopic (exact) mass is 324 g/mol. The molecule has 1 fully saturated rings. The molecule has 0 aliphatic carbocycles. The van der Waals surface area contributed by atoms with Gasteiger partial charge in [0.1, 0.15) is 0 Å². The number of nitrogens with zero attached hydrogens (tertiary/aromatic N) is 2. The molecular formula is C13H13IN2. The van der Waals surface area contributed by atoms with Crippen LogP contribution in [0.1, 0.15) is 12.8 Å². The first-order valence-electron chi connectivity index (χ1n) is 5.64. The van der Waals surface area contributed by atoms with E-state index in [1.54, 1.807) is 0 Å². The van der Waals surface area contributed by atoms with E-state index >= 15 is 0 Å². The van der Waals surface area contributed by atoms with Crippen LogP contribution < -0.4 is 4.90 Å². The highest BCUT2D eigenvalue weighted by atomic mass is 127. The molecule has 0 atom stereocenters. The summed E-state index contributed by atoms with van der Waals surface area (Å²) in [5.41, 5.74) is 2.45. The average Bonchev–Trinajstić information content (AvgIpc) is 2.81. The summed E-state index contributed by atoms with van der Waals surface area (Å²) in [6, 6.07) is 8.64. The molecule has 16 heavy (non-hydrogen) atoms. The van der Waals surface area contributed by atoms with Gasteiger partial charge in [-0.2, -0.15) is 0 Å². The highest BCUT2D eigenvalue weighted by Gasteiger charge is 2.14. The minimum atomic E-state index is 1.11. The Kier molecular flexibility index (Phi) is 2.71. The summed E-state index contributed by atoms with van der Waals surface area (Å²) in [7, 11) is 0. The Morgan fingerprint density at radius 1 is 1.12 bits per heavy atom. The maximum absolute atomic E-state index is 4.44. The van der Waals surface area contributed by atoms with Crippen LogP contribution in [0.3, 0.4) is 0 Å². The number of halogens is 1. The summed E-state index contributed by atoms with van der Waals surface area (Å²) in [5.74, 6) is 0. The van der Waals surface area contributed by atoms with Gasteiger partial charge in [0.15, 0.2) is 0 Å². The van der Waals surface area contributed by atoms with Crippen molar-refractivity contribution in [3.05, 3.63) is 34.0 Å². The van der Waals surface area contributed by atoms with Crippen molar-refractivity contribution in [2.24, 2.45) is 0 Å². The van der Waals surface area contributed by atoms with Crippen LogP contribution in [-0.2, 0) is 0 Å². The summed E-state index contributed by atoms with van der Waals surface area (Å²) < 4.78 is 1.25. The van der Waals surface area contributed by atoms with Gasteiger partial charge in [-0.1, -0.05) is 0 Å². The van der Waals surface area contributed by atoms with E-state index in [-0.39, 0.29) is 0 Å². The molecule has 0 N–H and O–H groups in total. The summed E-state index contributed by atoms with van der Waals surface area (Å²) in [4.78, 5) is 6.91. The Labute approximate surface area is 109 Å². The minimum absolute atomic E-state index is 1.11. The van der Waals surface area contributed by atoms with Crippen LogP contribution in [0.2, 0.25) is 0 Å². The van der Waals surface area contributed by atoms with Gasteiger partial charge < -0.3 is 4.90 Å². The molecule has 2 aromatic rings. The Morgan fingerprint density at radius 3 is 2.75 bits per heavy atom. The molecule has 0 radical (unpaired) electrons. The van der Waals surface area contributed by atoms with Gasteiger partial charge in [0.05, 0.1) is 5.52 Å². The van der Waals surface area contributed by atoms with Gasteiger partial charge in [-0.05, 0) is 59.7 Å². The normalized spacial score (nSPS) is 15.9. The predicted molar refractivity (Wildman–Crippen MR) is 75.9 cm³/mol. The summed E-state index contributed by atoms with van der Waals surface area (Å²) >= 11 is 2.33. The first kappa shape index (κ1) is 10.3. The van der Waals surface area contributed by atoms with Gasteiger partial charge in [-0.15, -0.1) is 0 Å². The van der Waals surface area contributed by atoms with E-state index < -0.39 is 0 Å². The summed E-state index contributed by atoms with van der Waals surface area (Å²) in [6.45, 7) is 2.37. The number of rotatable bonds is 1. The van der Waals surface area contributed by atoms with Crippen LogP contribution in [0.15, 0.2) is 30.5 Å². The van der Waals surface area contributed by atoms with Crippen molar-refractivity contribution < 1.29 is 0 Å². The van der Waals surface area contributed by atoms with Crippen LogP contribution >= 0.6 is 22.6 Å². The fourth-order valence-corrected chi connectivity index (χ4v) is 2.81. The molecule has 1 aliphatic heterocycles. The number of hydrogen-bond donors (Lipinski definition) is 0. The molecule has 0 unspecified atom stereocenters. The van der Waals surface area contributed by atoms with E-state index in [1.807, 2.05) is 6.20 Å². The smallest absolute Gasteiger partial charge is 0.0733 e. The summed E-state index contributed by atoms with van der Waals surface area (Å²) in [6.07, 6.45) is 4.55. The first-order chi connectivity index (χ1) is 7.84. The van der Waals surface area contributed by atoms with Gasteiger partial charge in [0, 0.05) is 33.9 Å². The zero-order chi connectivity index (χ0) is 11.0. The van der Waals surface area contributed by atoms with Crippen LogP contribution in [0.5, 0.6) is 0 Å². The Morgan fingerprint density at radius 2 is 1.94 bits per heavy atom. The molecule has 2 nitrogen and oxygen atoms in total. The minimum Gasteiger partial charge on any atom is -0.371 e. The molecule has 0 saturated carbocycles. The molecule has 0 amide bonds. The van der Waals surface area contributed by atoms with Gasteiger partial charge >= 0.3 is 0 Å². The predicted octanol–water partition coefficient (Wildman–Crippen LogP) is 3.44. The van der Waals surface area contributed by atoms with Gasteiger partial charge in [-0.25, -0.2) is 0 Å². The lowest BCUT2D eigenvalue weighted by Gasteiger charge is -2.19. The standard InChI is InChI=1S/C13H13IN2/c14-10-3-4-11-12(9-10)15-6-5-13(11)16-7-1-2-8-16/h3-6,9H,1-2,7-8H2. The summed E-state index contributed by atoms with van der Waals surface area (Å²) in [5, 5.41) is 1.28. The van der Waals surface area contributed by atoms with Crippen molar-refractivity contribution >= 4 is 39.2 Å². The van der Waals surface area contributed by atoms with Crippen LogP contribution in [-0.4, -0.2) is 18.1 Å². The number of hydrogen-bond acceptors (Lipinski definition) is 2. The molecule has 1 saturated heterocycles. The van der Waals surface area contributed by atoms with Crippen molar-refractivity contribution in [2.45, 2.75) is 12.8 Å². The Bertz CT molecular complexity index is 518. The Hall–Kier alpha value is -0.840. The van der Waals surface area contributed by atoms with Crippen molar-refractivity contribution in [3.8, 4) is 0 Å². The molecule has 0 bridgehead atoms. The second-order valence-electron chi connectivity index (χ2n) is 4.19. The third kappa shape index (κ3) is 1.77. The quantitative estimate of drug-likeness (QED) is 0.747. The molecule has 3 heteroatoms. The topological polar surface area (TPSA) is 16.1 Å². The van der Waals surface area contributed by atoms with E-state index in [4.69, 9.17) is 0 Å². The van der Waals surface area contributed by atoms with Gasteiger partial charge in [-0.3, -0.25) is 4.98 Å². The molecule has 1 aliphatic rings. The highest BCUT2D eigenvalue weighted by molar-refractivity contribution is 14.1. The number of aromatic nitrogens is 1. The number of anilines is 1. The fourth-order valence-electron chi connectivity index (χ4n) is 2.34. The molecule has 1 aromatic carbocycles. The van der Waals surface area contributed by atoms with Crippen LogP contribution in [0, 0.1) is 3.57 Å². The van der Waals surface area contributed by atoms with Crippen LogP contribution in [0.4, 0.5) is 5.69 Å². The third-order valence-corrected chi connectivity index (χ3v) is 3.80. The maximum atomic E-state index is 4.44. The van der Waals surface area contributed by atoms with Gasteiger partial charge in [0.2, 0.25) is 0 Å². The molecule has 0 spiro atoms. The highest BCUT2D eigenvalue weighted by Crippen LogP contribution is 2.28. The SMILES string of the molecule is Ic1ccc2c(N3CCCC3)ccnc2c1. The molecule has 82 valence electrons. The Balaban J connectivity index is 2.16. The van der Waals surface area contributed by atoms with Gasteiger partial charge in [0.25, 0.3) is 0 Å². The molecular weight excluding hydrogens is 311 g/mol. The van der Waals surface area contributed by atoms with E-state index in [2.05, 4.69) is 56.7 Å². The zero-order valence-corrected chi connectivity index (χ0v) is 11.1. The number of pyridine rings is 1. The average molecular weight is 324 g/mol. The van der Waals surface area contributed by atoms with Crippen molar-refractivity contribution in [1.82, 2.24) is 4.98 Å². The maximum Gasteiger partial charge on any atom is 0.0733 e. The molecule has 3 rings (SSSR count). The lowest BCUT2D eigenvalue weighted by atomic mass is 10.2. The molecule has 1 aromatic heterocycles. The lowest BCUT2D eigenvalue weighted by Crippen LogP contribution is -2.17.